The summed E-state index contributed by atoms with van der Waals surface area (Å²) in [5.74, 6) is 0. The molecule has 0 bridgehead atoms. The molecule has 0 aromatic carbocycles. The molecule has 1 aromatic heterocycles. The molecule has 0 spiro atoms. The lowest BCUT2D eigenvalue weighted by Gasteiger charge is -2.14. The smallest absolute Gasteiger partial charge is 0.144 e. The van der Waals surface area contributed by atoms with E-state index in [0.717, 1.165) is 17.5 Å². The summed E-state index contributed by atoms with van der Waals surface area (Å²) in [4.78, 5) is 12.2. The Morgan fingerprint density at radius 3 is 2.75 bits per heavy atom. The van der Waals surface area contributed by atoms with Gasteiger partial charge in [-0.2, -0.15) is 11.3 Å². The predicted octanol–water partition coefficient (Wildman–Crippen LogP) is 1.85. The Balaban J connectivity index is 2.96. The highest BCUT2D eigenvalue weighted by Crippen LogP contribution is 2.18. The summed E-state index contributed by atoms with van der Waals surface area (Å²) < 4.78 is 0. The van der Waals surface area contributed by atoms with E-state index < -0.39 is 0 Å². The quantitative estimate of drug-likeness (QED) is 0.524. The van der Waals surface area contributed by atoms with Gasteiger partial charge >= 0.3 is 0 Å². The number of hydrogen-bond acceptors (Lipinski definition) is 3. The van der Waals surface area contributed by atoms with Crippen molar-refractivity contribution in [1.29, 1.82) is 0 Å². The van der Waals surface area contributed by atoms with Gasteiger partial charge in [-0.15, -0.1) is 0 Å². The third-order valence-corrected chi connectivity index (χ3v) is 2.21. The summed E-state index contributed by atoms with van der Waals surface area (Å²) in [6, 6.07) is 2.00. The molecule has 0 aliphatic carbocycles. The monoisotopic (exact) mass is 181 g/mol. The van der Waals surface area contributed by atoms with Gasteiger partial charge in [0.25, 0.3) is 0 Å². The van der Waals surface area contributed by atoms with Crippen LogP contribution in [0.4, 0.5) is 0 Å². The second-order valence-corrected chi connectivity index (χ2v) is 3.37. The van der Waals surface area contributed by atoms with Crippen LogP contribution in [-0.4, -0.2) is 25.3 Å². The van der Waals surface area contributed by atoms with Crippen LogP contribution in [0.25, 0.3) is 5.70 Å². The first-order valence-corrected chi connectivity index (χ1v) is 4.55. The Morgan fingerprint density at radius 1 is 1.58 bits per heavy atom. The largest absolute Gasteiger partial charge is 0.377 e. The molecule has 0 radical (unpaired) electrons. The summed E-state index contributed by atoms with van der Waals surface area (Å²) in [7, 11) is 3.85. The SMILES string of the molecule is CN(C)C(=CC=O)c1ccsc1. The minimum absolute atomic E-state index is 0.812. The van der Waals surface area contributed by atoms with Crippen molar-refractivity contribution in [3.63, 3.8) is 0 Å². The topological polar surface area (TPSA) is 20.3 Å². The minimum atomic E-state index is 0.812. The van der Waals surface area contributed by atoms with Crippen molar-refractivity contribution in [3.05, 3.63) is 28.5 Å². The van der Waals surface area contributed by atoms with Crippen LogP contribution in [0.5, 0.6) is 0 Å². The van der Waals surface area contributed by atoms with E-state index in [4.69, 9.17) is 0 Å². The van der Waals surface area contributed by atoms with Crippen molar-refractivity contribution >= 4 is 23.3 Å². The third kappa shape index (κ3) is 1.95. The molecule has 0 N–H and O–H groups in total. The molecular formula is C9H11NOS. The van der Waals surface area contributed by atoms with Gasteiger partial charge in [-0.05, 0) is 11.4 Å². The van der Waals surface area contributed by atoms with Gasteiger partial charge in [-0.1, -0.05) is 0 Å². The van der Waals surface area contributed by atoms with Crippen LogP contribution >= 0.6 is 11.3 Å². The van der Waals surface area contributed by atoms with Crippen LogP contribution in [0.15, 0.2) is 22.9 Å². The average Bonchev–Trinajstić information content (AvgIpc) is 2.51. The van der Waals surface area contributed by atoms with Crippen molar-refractivity contribution in [3.8, 4) is 0 Å². The van der Waals surface area contributed by atoms with E-state index in [-0.39, 0.29) is 0 Å². The predicted molar refractivity (Wildman–Crippen MR) is 52.0 cm³/mol. The second kappa shape index (κ2) is 4.07. The van der Waals surface area contributed by atoms with Crippen LogP contribution in [0.3, 0.4) is 0 Å². The molecule has 0 saturated carbocycles. The highest BCUT2D eigenvalue weighted by atomic mass is 32.1. The average molecular weight is 181 g/mol. The number of aldehydes is 1. The number of carbonyl (C=O) groups excluding carboxylic acids is 1. The van der Waals surface area contributed by atoms with E-state index in [1.54, 1.807) is 17.4 Å². The zero-order valence-corrected chi connectivity index (χ0v) is 7.97. The first-order valence-electron chi connectivity index (χ1n) is 3.61. The van der Waals surface area contributed by atoms with E-state index in [1.807, 2.05) is 35.8 Å². The summed E-state index contributed by atoms with van der Waals surface area (Å²) >= 11 is 1.63. The Bertz CT molecular complexity index is 275. The van der Waals surface area contributed by atoms with Gasteiger partial charge in [-0.25, -0.2) is 0 Å². The minimum Gasteiger partial charge on any atom is -0.377 e. The molecule has 2 nitrogen and oxygen atoms in total. The lowest BCUT2D eigenvalue weighted by atomic mass is 10.2. The molecule has 12 heavy (non-hydrogen) atoms. The molecule has 0 aliphatic rings. The Morgan fingerprint density at radius 2 is 2.33 bits per heavy atom. The van der Waals surface area contributed by atoms with Gasteiger partial charge < -0.3 is 4.90 Å². The molecule has 0 saturated heterocycles. The van der Waals surface area contributed by atoms with Crippen molar-refractivity contribution in [2.45, 2.75) is 0 Å². The van der Waals surface area contributed by atoms with E-state index >= 15 is 0 Å². The van der Waals surface area contributed by atoms with Crippen LogP contribution in [0, 0.1) is 0 Å². The Hall–Kier alpha value is -1.09. The number of allylic oxidation sites excluding steroid dienone is 1. The van der Waals surface area contributed by atoms with Gasteiger partial charge in [0.15, 0.2) is 0 Å². The number of carbonyl (C=O) groups is 1. The van der Waals surface area contributed by atoms with Crippen LogP contribution in [0.1, 0.15) is 5.56 Å². The van der Waals surface area contributed by atoms with Gasteiger partial charge in [-0.3, -0.25) is 4.79 Å². The second-order valence-electron chi connectivity index (χ2n) is 2.59. The highest BCUT2D eigenvalue weighted by Gasteiger charge is 2.02. The molecule has 3 heteroatoms. The van der Waals surface area contributed by atoms with Crippen molar-refractivity contribution < 1.29 is 4.79 Å². The molecule has 1 heterocycles. The zero-order valence-electron chi connectivity index (χ0n) is 7.15. The number of hydrogen-bond donors (Lipinski definition) is 0. The molecule has 0 unspecified atom stereocenters. The number of rotatable bonds is 3. The Labute approximate surface area is 76.1 Å². The molecule has 64 valence electrons. The first kappa shape index (κ1) is 9.00. The normalized spacial score (nSPS) is 11.3. The van der Waals surface area contributed by atoms with Gasteiger partial charge in [0.05, 0.1) is 0 Å². The Kier molecular flexibility index (Phi) is 3.05. The van der Waals surface area contributed by atoms with E-state index in [1.165, 1.54) is 0 Å². The van der Waals surface area contributed by atoms with Gasteiger partial charge in [0.2, 0.25) is 0 Å². The summed E-state index contributed by atoms with van der Waals surface area (Å²) in [6.07, 6.45) is 2.38. The maximum absolute atomic E-state index is 10.3. The van der Waals surface area contributed by atoms with Crippen LogP contribution < -0.4 is 0 Å². The molecule has 0 aliphatic heterocycles. The number of nitrogens with zero attached hydrogens (tertiary/aromatic N) is 1. The molecule has 1 rings (SSSR count). The molecule has 0 atom stereocenters. The van der Waals surface area contributed by atoms with E-state index in [9.17, 15) is 4.79 Å². The fourth-order valence-electron chi connectivity index (χ4n) is 0.978. The maximum Gasteiger partial charge on any atom is 0.144 e. The van der Waals surface area contributed by atoms with Gasteiger partial charge in [0.1, 0.15) is 6.29 Å². The summed E-state index contributed by atoms with van der Waals surface area (Å²) in [5, 5.41) is 4.02. The molecule has 0 amide bonds. The van der Waals surface area contributed by atoms with Crippen LogP contribution in [-0.2, 0) is 4.79 Å². The van der Waals surface area contributed by atoms with E-state index in [0.29, 0.717) is 0 Å². The van der Waals surface area contributed by atoms with Crippen molar-refractivity contribution in [1.82, 2.24) is 4.90 Å². The zero-order chi connectivity index (χ0) is 8.97. The number of thiophene rings is 1. The first-order chi connectivity index (χ1) is 5.75. The standard InChI is InChI=1S/C9H11NOS/c1-10(2)9(3-5-11)8-4-6-12-7-8/h3-7H,1-2H3. The van der Waals surface area contributed by atoms with Crippen LogP contribution in [0.2, 0.25) is 0 Å². The lowest BCUT2D eigenvalue weighted by Crippen LogP contribution is -2.09. The highest BCUT2D eigenvalue weighted by molar-refractivity contribution is 7.08. The molecular weight excluding hydrogens is 170 g/mol. The molecule has 1 aromatic rings. The molecule has 0 fully saturated rings. The van der Waals surface area contributed by atoms with Gasteiger partial charge in [0, 0.05) is 36.8 Å². The van der Waals surface area contributed by atoms with Crippen molar-refractivity contribution in [2.75, 3.05) is 14.1 Å². The third-order valence-electron chi connectivity index (χ3n) is 1.52. The summed E-state index contributed by atoms with van der Waals surface area (Å²) in [6.45, 7) is 0. The van der Waals surface area contributed by atoms with E-state index in [2.05, 4.69) is 0 Å². The maximum atomic E-state index is 10.3. The fourth-order valence-corrected chi connectivity index (χ4v) is 1.63. The van der Waals surface area contributed by atoms with Crippen molar-refractivity contribution in [2.24, 2.45) is 0 Å². The summed E-state index contributed by atoms with van der Waals surface area (Å²) in [5.41, 5.74) is 2.04. The fraction of sp³-hybridized carbons (Fsp3) is 0.222. The lowest BCUT2D eigenvalue weighted by molar-refractivity contribution is -0.104.